The minimum atomic E-state index is 0.774. The third-order valence-corrected chi connectivity index (χ3v) is 2.91. The lowest BCUT2D eigenvalue weighted by molar-refractivity contribution is 0.768. The Labute approximate surface area is 91.4 Å². The molecular weight excluding hydrogens is 240 g/mol. The highest BCUT2D eigenvalue weighted by Crippen LogP contribution is 2.24. The van der Waals surface area contributed by atoms with Crippen molar-refractivity contribution in [2.75, 3.05) is 5.33 Å². The molecule has 2 nitrogen and oxygen atoms in total. The molecule has 72 valence electrons. The van der Waals surface area contributed by atoms with Crippen molar-refractivity contribution in [2.24, 2.45) is 7.05 Å². The maximum atomic E-state index is 4.42. The molecule has 0 aliphatic carbocycles. The van der Waals surface area contributed by atoms with Crippen LogP contribution in [-0.4, -0.2) is 15.1 Å². The number of nitrogens with zero attached hydrogens (tertiary/aromatic N) is 2. The summed E-state index contributed by atoms with van der Waals surface area (Å²) in [5.41, 5.74) is 3.19. The topological polar surface area (TPSA) is 17.8 Å². The average molecular weight is 251 g/mol. The minimum Gasteiger partial charge on any atom is -0.267 e. The van der Waals surface area contributed by atoms with Crippen LogP contribution in [0.4, 0.5) is 0 Å². The van der Waals surface area contributed by atoms with Crippen LogP contribution in [-0.2, 0) is 7.05 Å². The van der Waals surface area contributed by atoms with Gasteiger partial charge in [-0.05, 0) is 11.6 Å². The van der Waals surface area contributed by atoms with Crippen LogP contribution >= 0.6 is 15.9 Å². The van der Waals surface area contributed by atoms with Gasteiger partial charge in [-0.25, -0.2) is 0 Å². The Morgan fingerprint density at radius 1 is 1.50 bits per heavy atom. The van der Waals surface area contributed by atoms with Crippen LogP contribution < -0.4 is 0 Å². The third kappa shape index (κ3) is 1.38. The first-order valence-electron chi connectivity index (χ1n) is 4.40. The summed E-state index contributed by atoms with van der Waals surface area (Å²) in [6.07, 6.45) is 0. The molecule has 0 saturated carbocycles. The van der Waals surface area contributed by atoms with Crippen LogP contribution in [0.2, 0.25) is 0 Å². The van der Waals surface area contributed by atoms with Gasteiger partial charge in [0, 0.05) is 17.8 Å². The number of benzene rings is 1. The Hall–Kier alpha value is -1.09. The van der Waals surface area contributed by atoms with Crippen molar-refractivity contribution in [3.05, 3.63) is 36.5 Å². The average Bonchev–Trinajstić information content (AvgIpc) is 2.53. The van der Waals surface area contributed by atoms with Crippen molar-refractivity contribution in [1.29, 1.82) is 0 Å². The van der Waals surface area contributed by atoms with Crippen molar-refractivity contribution in [3.63, 3.8) is 0 Å². The molecule has 14 heavy (non-hydrogen) atoms. The summed E-state index contributed by atoms with van der Waals surface area (Å²) in [5, 5.41) is 6.36. The summed E-state index contributed by atoms with van der Waals surface area (Å²) < 4.78 is 1.88. The zero-order valence-corrected chi connectivity index (χ0v) is 9.58. The van der Waals surface area contributed by atoms with Gasteiger partial charge in [-0.2, -0.15) is 5.10 Å². The summed E-state index contributed by atoms with van der Waals surface area (Å²) in [6.45, 7) is 4.02. The van der Waals surface area contributed by atoms with Crippen molar-refractivity contribution in [1.82, 2.24) is 9.78 Å². The van der Waals surface area contributed by atoms with Gasteiger partial charge in [-0.1, -0.05) is 40.7 Å². The Morgan fingerprint density at radius 2 is 2.21 bits per heavy atom. The smallest absolute Gasteiger partial charge is 0.0929 e. The highest BCUT2D eigenvalue weighted by Gasteiger charge is 2.09. The SMILES string of the molecule is C=C(CBr)c1c2ccccc2nn1C. The number of alkyl halides is 1. The summed E-state index contributed by atoms with van der Waals surface area (Å²) in [5.74, 6) is 0. The Kier molecular flexibility index (Phi) is 2.42. The van der Waals surface area contributed by atoms with Gasteiger partial charge < -0.3 is 0 Å². The van der Waals surface area contributed by atoms with E-state index in [-0.39, 0.29) is 0 Å². The molecule has 0 atom stereocenters. The number of aromatic nitrogens is 2. The first-order chi connectivity index (χ1) is 6.74. The van der Waals surface area contributed by atoms with E-state index in [2.05, 4.69) is 33.7 Å². The van der Waals surface area contributed by atoms with E-state index < -0.39 is 0 Å². The molecule has 0 unspecified atom stereocenters. The second kappa shape index (κ2) is 3.58. The van der Waals surface area contributed by atoms with Gasteiger partial charge >= 0.3 is 0 Å². The molecule has 0 aliphatic rings. The molecule has 1 aromatic carbocycles. The van der Waals surface area contributed by atoms with Gasteiger partial charge in [0.1, 0.15) is 0 Å². The zero-order valence-electron chi connectivity index (χ0n) is 8.00. The van der Waals surface area contributed by atoms with Gasteiger partial charge in [0.25, 0.3) is 0 Å². The Morgan fingerprint density at radius 3 is 2.93 bits per heavy atom. The number of halogens is 1. The Bertz CT molecular complexity index is 485. The number of hydrogen-bond acceptors (Lipinski definition) is 1. The lowest BCUT2D eigenvalue weighted by atomic mass is 10.1. The van der Waals surface area contributed by atoms with E-state index in [4.69, 9.17) is 0 Å². The Balaban J connectivity index is 2.74. The van der Waals surface area contributed by atoms with Gasteiger partial charge in [-0.15, -0.1) is 0 Å². The molecule has 3 heteroatoms. The van der Waals surface area contributed by atoms with E-state index in [9.17, 15) is 0 Å². The maximum absolute atomic E-state index is 4.42. The van der Waals surface area contributed by atoms with Crippen LogP contribution in [0.1, 0.15) is 5.69 Å². The van der Waals surface area contributed by atoms with E-state index in [0.717, 1.165) is 22.1 Å². The van der Waals surface area contributed by atoms with Gasteiger partial charge in [0.05, 0.1) is 11.2 Å². The fourth-order valence-electron chi connectivity index (χ4n) is 1.63. The van der Waals surface area contributed by atoms with Crippen LogP contribution in [0.25, 0.3) is 16.5 Å². The number of aryl methyl sites for hydroxylation is 1. The van der Waals surface area contributed by atoms with Crippen molar-refractivity contribution in [3.8, 4) is 0 Å². The fraction of sp³-hybridized carbons (Fsp3) is 0.182. The van der Waals surface area contributed by atoms with E-state index in [1.165, 1.54) is 5.39 Å². The number of fused-ring (bicyclic) bond motifs is 1. The third-order valence-electron chi connectivity index (χ3n) is 2.24. The van der Waals surface area contributed by atoms with Crippen LogP contribution in [0, 0.1) is 0 Å². The van der Waals surface area contributed by atoms with Crippen LogP contribution in [0.15, 0.2) is 30.8 Å². The molecule has 0 N–H and O–H groups in total. The van der Waals surface area contributed by atoms with Crippen molar-refractivity contribution >= 4 is 32.4 Å². The molecule has 1 heterocycles. The lowest BCUT2D eigenvalue weighted by Crippen LogP contribution is -1.97. The molecule has 0 radical (unpaired) electrons. The lowest BCUT2D eigenvalue weighted by Gasteiger charge is -2.02. The largest absolute Gasteiger partial charge is 0.267 e. The summed E-state index contributed by atoms with van der Waals surface area (Å²) in [4.78, 5) is 0. The minimum absolute atomic E-state index is 0.774. The number of rotatable bonds is 2. The predicted molar refractivity (Wildman–Crippen MR) is 63.5 cm³/mol. The molecule has 0 fully saturated rings. The molecule has 0 spiro atoms. The van der Waals surface area contributed by atoms with E-state index in [1.54, 1.807) is 0 Å². The standard InChI is InChI=1S/C11H11BrN2/c1-8(7-12)11-9-5-3-4-6-10(9)13-14(11)2/h3-6H,1,7H2,2H3. The molecular formula is C11H11BrN2. The maximum Gasteiger partial charge on any atom is 0.0929 e. The second-order valence-electron chi connectivity index (χ2n) is 3.23. The normalized spacial score (nSPS) is 10.7. The van der Waals surface area contributed by atoms with E-state index in [1.807, 2.05) is 29.9 Å². The highest BCUT2D eigenvalue weighted by atomic mass is 79.9. The molecule has 0 amide bonds. The quantitative estimate of drug-likeness (QED) is 0.750. The van der Waals surface area contributed by atoms with E-state index >= 15 is 0 Å². The molecule has 2 rings (SSSR count). The van der Waals surface area contributed by atoms with Crippen LogP contribution in [0.5, 0.6) is 0 Å². The first kappa shape index (κ1) is 9.46. The van der Waals surface area contributed by atoms with E-state index in [0.29, 0.717) is 0 Å². The van der Waals surface area contributed by atoms with Gasteiger partial charge in [0.15, 0.2) is 0 Å². The van der Waals surface area contributed by atoms with Gasteiger partial charge in [-0.3, -0.25) is 4.68 Å². The van der Waals surface area contributed by atoms with Gasteiger partial charge in [0.2, 0.25) is 0 Å². The number of allylic oxidation sites excluding steroid dienone is 1. The molecule has 1 aromatic heterocycles. The number of hydrogen-bond donors (Lipinski definition) is 0. The first-order valence-corrected chi connectivity index (χ1v) is 5.52. The van der Waals surface area contributed by atoms with Crippen molar-refractivity contribution < 1.29 is 0 Å². The molecule has 0 saturated heterocycles. The highest BCUT2D eigenvalue weighted by molar-refractivity contribution is 9.09. The zero-order chi connectivity index (χ0) is 10.1. The fourth-order valence-corrected chi connectivity index (χ4v) is 1.90. The summed E-state index contributed by atoms with van der Waals surface area (Å²) in [7, 11) is 1.95. The second-order valence-corrected chi connectivity index (χ2v) is 3.79. The molecule has 0 aliphatic heterocycles. The van der Waals surface area contributed by atoms with Crippen molar-refractivity contribution in [2.45, 2.75) is 0 Å². The monoisotopic (exact) mass is 250 g/mol. The summed E-state index contributed by atoms with van der Waals surface area (Å²) >= 11 is 3.42. The predicted octanol–water partition coefficient (Wildman–Crippen LogP) is 2.98. The van der Waals surface area contributed by atoms with Crippen LogP contribution in [0.3, 0.4) is 0 Å². The molecule has 0 bridgehead atoms. The molecule has 2 aromatic rings. The summed E-state index contributed by atoms with van der Waals surface area (Å²) in [6, 6.07) is 8.11.